The number of nitrogens with one attached hydrogen (secondary N) is 1. The third kappa shape index (κ3) is 6.53. The fraction of sp³-hybridized carbons (Fsp3) is 0.480. The van der Waals surface area contributed by atoms with Crippen molar-refractivity contribution < 1.29 is 9.53 Å². The molecule has 1 aliphatic rings. The maximum Gasteiger partial charge on any atom is 0.328 e. The molecule has 0 heterocycles. The average Bonchev–Trinajstić information content (AvgIpc) is 3.29. The quantitative estimate of drug-likeness (QED) is 0.446. The summed E-state index contributed by atoms with van der Waals surface area (Å²) in [6.45, 7) is 7.69. The van der Waals surface area contributed by atoms with Crippen LogP contribution < -0.4 is 10.1 Å². The number of benzene rings is 2. The molecule has 0 atom stereocenters. The van der Waals surface area contributed by atoms with E-state index >= 15 is 0 Å². The van der Waals surface area contributed by atoms with Gasteiger partial charge in [0, 0.05) is 30.9 Å². The molecule has 0 aliphatic heterocycles. The lowest BCUT2D eigenvalue weighted by atomic mass is 10.1. The van der Waals surface area contributed by atoms with Crippen LogP contribution in [0.15, 0.2) is 47.6 Å². The monoisotopic (exact) mass is 457 g/mol. The Morgan fingerprint density at radius 3 is 2.50 bits per heavy atom. The predicted octanol–water partition coefficient (Wildman–Crippen LogP) is 5.96. The van der Waals surface area contributed by atoms with Crippen LogP contribution in [-0.4, -0.2) is 35.5 Å². The molecule has 1 amide bonds. The van der Waals surface area contributed by atoms with Gasteiger partial charge in [0.25, 0.3) is 0 Å². The van der Waals surface area contributed by atoms with Gasteiger partial charge in [0.15, 0.2) is 5.60 Å². The Bertz CT molecular complexity index is 925. The van der Waals surface area contributed by atoms with Crippen LogP contribution in [0.4, 0.5) is 5.69 Å². The van der Waals surface area contributed by atoms with Crippen LogP contribution in [0.3, 0.4) is 0 Å². The largest absolute Gasteiger partial charge is 0.478 e. The molecule has 0 spiro atoms. The number of nitroso groups, excluding NO2 is 1. The second-order valence-electron chi connectivity index (χ2n) is 8.97. The van der Waals surface area contributed by atoms with Gasteiger partial charge in [-0.25, -0.2) is 0 Å². The summed E-state index contributed by atoms with van der Waals surface area (Å²) in [7, 11) is 0. The second-order valence-corrected chi connectivity index (χ2v) is 9.38. The fourth-order valence-electron chi connectivity index (χ4n) is 4.10. The highest BCUT2D eigenvalue weighted by atomic mass is 35.5. The zero-order valence-electron chi connectivity index (χ0n) is 19.1. The highest BCUT2D eigenvalue weighted by Crippen LogP contribution is 2.27. The molecule has 6 nitrogen and oxygen atoms in total. The molecule has 1 aliphatic carbocycles. The number of anilines is 1. The molecule has 1 fully saturated rings. The first-order valence-corrected chi connectivity index (χ1v) is 11.6. The Balaban J connectivity index is 1.61. The Hall–Kier alpha value is -2.44. The minimum absolute atomic E-state index is 0.541. The molecular weight excluding hydrogens is 426 g/mol. The number of hydrogen-bond acceptors (Lipinski definition) is 5. The van der Waals surface area contributed by atoms with Crippen molar-refractivity contribution in [1.82, 2.24) is 4.90 Å². The normalized spacial score (nSPS) is 14.5. The van der Waals surface area contributed by atoms with Gasteiger partial charge in [-0.3, -0.25) is 9.69 Å². The van der Waals surface area contributed by atoms with Crippen LogP contribution in [0.2, 0.25) is 5.02 Å². The Kier molecular flexibility index (Phi) is 8.26. The zero-order valence-corrected chi connectivity index (χ0v) is 19.8. The third-order valence-corrected chi connectivity index (χ3v) is 6.27. The third-order valence-electron chi connectivity index (χ3n) is 5.96. The van der Waals surface area contributed by atoms with E-state index in [9.17, 15) is 9.70 Å². The number of nitrogens with zero attached hydrogens (tertiary/aromatic N) is 2. The van der Waals surface area contributed by atoms with Crippen molar-refractivity contribution in [2.24, 2.45) is 5.18 Å². The Morgan fingerprint density at radius 1 is 1.19 bits per heavy atom. The molecule has 1 saturated carbocycles. The van der Waals surface area contributed by atoms with E-state index in [4.69, 9.17) is 16.3 Å². The number of aryl methyl sites for hydroxylation is 1. The fourth-order valence-corrected chi connectivity index (χ4v) is 4.41. The summed E-state index contributed by atoms with van der Waals surface area (Å²) >= 11 is 6.36. The molecule has 7 heteroatoms. The molecule has 2 aromatic rings. The topological polar surface area (TPSA) is 71.0 Å². The maximum absolute atomic E-state index is 11.6. The molecule has 172 valence electrons. The van der Waals surface area contributed by atoms with Crippen LogP contribution in [-0.2, 0) is 11.3 Å². The van der Waals surface area contributed by atoms with Crippen molar-refractivity contribution in [2.75, 3.05) is 18.4 Å². The lowest BCUT2D eigenvalue weighted by molar-refractivity contribution is -0.130. The second kappa shape index (κ2) is 10.9. The number of carbonyl (C=O) groups is 1. The molecular formula is C25H32ClN3O3. The molecule has 0 unspecified atom stereocenters. The van der Waals surface area contributed by atoms with Crippen LogP contribution >= 0.6 is 11.6 Å². The minimum Gasteiger partial charge on any atom is -0.478 e. The molecule has 0 bridgehead atoms. The minimum atomic E-state index is -1.28. The molecule has 1 N–H and O–H groups in total. The number of amides is 1. The summed E-state index contributed by atoms with van der Waals surface area (Å²) < 4.78 is 5.67. The van der Waals surface area contributed by atoms with Crippen molar-refractivity contribution in [3.63, 3.8) is 0 Å². The SMILES string of the molecule is Cc1ccc(NCCN(Cc2ccc(OC(C)(C)C(=O)N=O)cc2)C2CCCC2)c(Cl)c1. The summed E-state index contributed by atoms with van der Waals surface area (Å²) in [5.41, 5.74) is 2.01. The van der Waals surface area contributed by atoms with Crippen LogP contribution in [0.1, 0.15) is 50.7 Å². The Labute approximate surface area is 195 Å². The maximum atomic E-state index is 11.6. The zero-order chi connectivity index (χ0) is 23.1. The van der Waals surface area contributed by atoms with Gasteiger partial charge < -0.3 is 10.1 Å². The van der Waals surface area contributed by atoms with Crippen molar-refractivity contribution >= 4 is 23.2 Å². The van der Waals surface area contributed by atoms with Gasteiger partial charge in [-0.2, -0.15) is 0 Å². The summed E-state index contributed by atoms with van der Waals surface area (Å²) in [6, 6.07) is 14.3. The summed E-state index contributed by atoms with van der Waals surface area (Å²) in [4.78, 5) is 24.7. The smallest absolute Gasteiger partial charge is 0.328 e. The molecule has 0 radical (unpaired) electrons. The van der Waals surface area contributed by atoms with Crippen LogP contribution in [0.25, 0.3) is 0 Å². The summed E-state index contributed by atoms with van der Waals surface area (Å²) in [6.07, 6.45) is 5.00. The molecule has 2 aromatic carbocycles. The first-order valence-electron chi connectivity index (χ1n) is 11.2. The number of hydrogen-bond donors (Lipinski definition) is 1. The van der Waals surface area contributed by atoms with E-state index in [1.165, 1.54) is 31.2 Å². The van der Waals surface area contributed by atoms with Crippen molar-refractivity contribution in [2.45, 2.75) is 64.6 Å². The van der Waals surface area contributed by atoms with E-state index in [1.807, 2.05) is 43.3 Å². The number of halogens is 1. The molecule has 0 saturated heterocycles. The molecule has 3 rings (SSSR count). The van der Waals surface area contributed by atoms with Crippen molar-refractivity contribution in [1.29, 1.82) is 0 Å². The van der Waals surface area contributed by atoms with Gasteiger partial charge in [-0.05, 0) is 69.0 Å². The van der Waals surface area contributed by atoms with Gasteiger partial charge >= 0.3 is 5.91 Å². The Morgan fingerprint density at radius 2 is 1.88 bits per heavy atom. The van der Waals surface area contributed by atoms with Gasteiger partial charge in [-0.1, -0.05) is 42.6 Å². The standard InChI is InChI=1S/C25H32ClN3O3/c1-18-8-13-23(22(26)16-18)27-14-15-29(20-6-4-5-7-20)17-19-9-11-21(12-10-19)32-25(2,3)24(30)28-31/h8-13,16,20,27H,4-7,14-15,17H2,1-3H3. The first kappa shape index (κ1) is 24.2. The average molecular weight is 458 g/mol. The number of carbonyl (C=O) groups excluding carboxylic acids is 1. The van der Waals surface area contributed by atoms with E-state index in [0.29, 0.717) is 11.8 Å². The highest BCUT2D eigenvalue weighted by Gasteiger charge is 2.31. The lowest BCUT2D eigenvalue weighted by Gasteiger charge is -2.29. The van der Waals surface area contributed by atoms with E-state index in [-0.39, 0.29) is 0 Å². The highest BCUT2D eigenvalue weighted by molar-refractivity contribution is 6.33. The van der Waals surface area contributed by atoms with E-state index in [2.05, 4.69) is 21.5 Å². The lowest BCUT2D eigenvalue weighted by Crippen LogP contribution is -2.37. The molecule has 0 aromatic heterocycles. The molecule has 32 heavy (non-hydrogen) atoms. The summed E-state index contributed by atoms with van der Waals surface area (Å²) in [5.74, 6) is -0.283. The van der Waals surface area contributed by atoms with Gasteiger partial charge in [-0.15, -0.1) is 4.91 Å². The van der Waals surface area contributed by atoms with E-state index < -0.39 is 11.5 Å². The predicted molar refractivity (Wildman–Crippen MR) is 129 cm³/mol. The van der Waals surface area contributed by atoms with Gasteiger partial charge in [0.1, 0.15) is 5.75 Å². The van der Waals surface area contributed by atoms with Crippen LogP contribution in [0, 0.1) is 11.8 Å². The number of rotatable bonds is 10. The summed E-state index contributed by atoms with van der Waals surface area (Å²) in [5, 5.41) is 6.70. The first-order chi connectivity index (χ1) is 15.3. The van der Waals surface area contributed by atoms with Crippen molar-refractivity contribution in [3.05, 3.63) is 63.5 Å². The van der Waals surface area contributed by atoms with Gasteiger partial charge in [0.2, 0.25) is 0 Å². The van der Waals surface area contributed by atoms with Crippen molar-refractivity contribution in [3.8, 4) is 5.75 Å². The van der Waals surface area contributed by atoms with Gasteiger partial charge in [0.05, 0.1) is 10.7 Å². The van der Waals surface area contributed by atoms with E-state index in [1.54, 1.807) is 13.8 Å². The van der Waals surface area contributed by atoms with E-state index in [0.717, 1.165) is 35.9 Å². The van der Waals surface area contributed by atoms with Crippen LogP contribution in [0.5, 0.6) is 5.75 Å². The number of ether oxygens (including phenoxy) is 1.